The molecule has 1 aliphatic rings. The van der Waals surface area contributed by atoms with Gasteiger partial charge in [0.05, 0.1) is 48.7 Å². The molecule has 0 spiro atoms. The molecule has 1 aromatic heterocycles. The molecular formula is C48H72N6O7S2. The van der Waals surface area contributed by atoms with Crippen molar-refractivity contribution in [3.63, 3.8) is 0 Å². The summed E-state index contributed by atoms with van der Waals surface area (Å²) in [7, 11) is 6.83. The zero-order valence-corrected chi connectivity index (χ0v) is 40.9. The molecule has 0 bridgehead atoms. The third kappa shape index (κ3) is 13.7. The maximum atomic E-state index is 14.6. The van der Waals surface area contributed by atoms with Gasteiger partial charge in [-0.25, -0.2) is 4.98 Å². The number of rotatable bonds is 24. The van der Waals surface area contributed by atoms with Gasteiger partial charge in [0.25, 0.3) is 0 Å². The van der Waals surface area contributed by atoms with E-state index in [0.29, 0.717) is 31.7 Å². The Morgan fingerprint density at radius 3 is 2.14 bits per heavy atom. The lowest BCUT2D eigenvalue weighted by Crippen LogP contribution is -2.60. The monoisotopic (exact) mass is 908 g/mol. The number of amides is 4. The molecule has 4 amide bonds. The number of methoxy groups -OCH3 is 2. The quantitative estimate of drug-likeness (QED) is 0.0641. The molecule has 0 radical (unpaired) electrons. The Morgan fingerprint density at radius 1 is 0.905 bits per heavy atom. The first-order chi connectivity index (χ1) is 30.1. The first-order valence-electron chi connectivity index (χ1n) is 22.3. The highest BCUT2D eigenvalue weighted by Gasteiger charge is 2.43. The Kier molecular flexibility index (Phi) is 20.4. The van der Waals surface area contributed by atoms with Crippen molar-refractivity contribution in [2.75, 3.05) is 34.9 Å². The molecule has 1 fully saturated rings. The van der Waals surface area contributed by atoms with Crippen LogP contribution in [-0.4, -0.2) is 115 Å². The molecule has 1 aliphatic heterocycles. The second-order valence-corrected chi connectivity index (χ2v) is 18.9. The van der Waals surface area contributed by atoms with Crippen LogP contribution in [0, 0.1) is 23.7 Å². The van der Waals surface area contributed by atoms with Crippen molar-refractivity contribution in [3.05, 3.63) is 82.3 Å². The van der Waals surface area contributed by atoms with Crippen molar-refractivity contribution < 1.29 is 32.8 Å². The van der Waals surface area contributed by atoms with Gasteiger partial charge < -0.3 is 34.1 Å². The molecular weight excluding hydrogens is 837 g/mol. The number of thiol groups is 1. The Labute approximate surface area is 385 Å². The molecule has 1 saturated heterocycles. The van der Waals surface area contributed by atoms with E-state index in [2.05, 4.69) is 42.4 Å². The minimum atomic E-state index is -0.815. The number of likely N-dealkylation sites (N-methyl/N-ethyl adjacent to an activating group) is 2. The van der Waals surface area contributed by atoms with Gasteiger partial charge in [-0.15, -0.1) is 11.3 Å². The lowest BCUT2D eigenvalue weighted by molar-refractivity contribution is -0.148. The Hall–Kier alpha value is -4.02. The number of carbonyl (C=O) groups is 4. The highest BCUT2D eigenvalue weighted by molar-refractivity contribution is 7.75. The Morgan fingerprint density at radius 2 is 1.59 bits per heavy atom. The molecule has 0 saturated carbocycles. The predicted molar refractivity (Wildman–Crippen MR) is 252 cm³/mol. The molecule has 2 heterocycles. The van der Waals surface area contributed by atoms with Crippen LogP contribution in [-0.2, 0) is 41.6 Å². The van der Waals surface area contributed by atoms with Crippen molar-refractivity contribution in [1.82, 2.24) is 30.3 Å². The van der Waals surface area contributed by atoms with E-state index in [1.807, 2.05) is 111 Å². The number of ether oxygens (including phenoxy) is 2. The van der Waals surface area contributed by atoms with E-state index in [9.17, 15) is 19.2 Å². The largest absolute Gasteiger partial charge is 0.429 e. The van der Waals surface area contributed by atoms with Gasteiger partial charge in [-0.3, -0.25) is 24.1 Å². The normalized spacial score (nSPS) is 18.0. The van der Waals surface area contributed by atoms with Gasteiger partial charge in [0.1, 0.15) is 16.8 Å². The summed E-state index contributed by atoms with van der Waals surface area (Å²) in [5, 5.41) is 9.10. The summed E-state index contributed by atoms with van der Waals surface area (Å²) in [5.74, 6) is -1.01. The van der Waals surface area contributed by atoms with Crippen LogP contribution < -0.4 is 14.8 Å². The summed E-state index contributed by atoms with van der Waals surface area (Å²) in [5.41, 5.74) is 2.09. The van der Waals surface area contributed by atoms with Crippen molar-refractivity contribution in [3.8, 4) is 5.75 Å². The fraction of sp³-hybridized carbons (Fsp3) is 0.604. The number of nitrogens with one attached hydrogen (secondary N) is 2. The molecule has 0 unspecified atom stereocenters. The van der Waals surface area contributed by atoms with E-state index >= 15 is 0 Å². The molecule has 348 valence electrons. The van der Waals surface area contributed by atoms with E-state index < -0.39 is 36.3 Å². The van der Waals surface area contributed by atoms with Crippen LogP contribution in [0.15, 0.2) is 66.2 Å². The van der Waals surface area contributed by atoms with Gasteiger partial charge in [0.15, 0.2) is 0 Å². The summed E-state index contributed by atoms with van der Waals surface area (Å²) in [6.45, 7) is 14.9. The molecule has 4 rings (SSSR count). The van der Waals surface area contributed by atoms with Crippen LogP contribution in [0.5, 0.6) is 5.75 Å². The second-order valence-electron chi connectivity index (χ2n) is 17.8. The first-order valence-corrected chi connectivity index (χ1v) is 23.6. The van der Waals surface area contributed by atoms with Gasteiger partial charge >= 0.3 is 0 Å². The molecule has 0 aliphatic carbocycles. The molecule has 15 heteroatoms. The third-order valence-electron chi connectivity index (χ3n) is 12.7. The van der Waals surface area contributed by atoms with Crippen molar-refractivity contribution in [1.29, 1.82) is 0 Å². The van der Waals surface area contributed by atoms with Crippen LogP contribution in [0.1, 0.15) is 96.3 Å². The summed E-state index contributed by atoms with van der Waals surface area (Å²) in [6, 6.07) is 15.1. The van der Waals surface area contributed by atoms with Gasteiger partial charge in [-0.05, 0) is 67.3 Å². The average molecular weight is 909 g/mol. The van der Waals surface area contributed by atoms with Crippen molar-refractivity contribution in [2.24, 2.45) is 23.7 Å². The number of thiazole rings is 1. The number of hydrogen-bond donors (Lipinski definition) is 3. The zero-order chi connectivity index (χ0) is 46.4. The molecule has 63 heavy (non-hydrogen) atoms. The number of benzene rings is 2. The predicted octanol–water partition coefficient (Wildman–Crippen LogP) is 6.98. The lowest BCUT2D eigenvalue weighted by atomic mass is 9.89. The van der Waals surface area contributed by atoms with Crippen LogP contribution in [0.25, 0.3) is 0 Å². The van der Waals surface area contributed by atoms with Crippen molar-refractivity contribution >= 4 is 47.9 Å². The summed E-state index contributed by atoms with van der Waals surface area (Å²) in [6.07, 6.45) is 3.35. The van der Waals surface area contributed by atoms with E-state index in [0.717, 1.165) is 29.0 Å². The van der Waals surface area contributed by atoms with Gasteiger partial charge in [0.2, 0.25) is 23.6 Å². The molecule has 13 nitrogen and oxygen atoms in total. The van der Waals surface area contributed by atoms with Crippen LogP contribution in [0.4, 0.5) is 0 Å². The van der Waals surface area contributed by atoms with Crippen LogP contribution in [0.2, 0.25) is 0 Å². The summed E-state index contributed by atoms with van der Waals surface area (Å²) in [4.78, 5) is 67.2. The fourth-order valence-electron chi connectivity index (χ4n) is 9.09. The van der Waals surface area contributed by atoms with Gasteiger partial charge in [-0.1, -0.05) is 97.4 Å². The van der Waals surface area contributed by atoms with Gasteiger partial charge in [-0.2, -0.15) is 0 Å². The maximum absolute atomic E-state index is 14.6. The second kappa shape index (κ2) is 24.9. The number of aromatic nitrogens is 1. The van der Waals surface area contributed by atoms with Crippen LogP contribution >= 0.6 is 24.2 Å². The minimum Gasteiger partial charge on any atom is -0.429 e. The van der Waals surface area contributed by atoms with Gasteiger partial charge in [0, 0.05) is 58.8 Å². The average Bonchev–Trinajstić information content (AvgIpc) is 3.99. The number of hydrogen-bond acceptors (Lipinski definition) is 11. The molecule has 3 aromatic rings. The SMILES string of the molecule is CC[C@H](C)[C@@H]([C@@H](CC(=O)N1CCC[C@H]1[C@H](OC)[C@@H](C)C(=O)N[C@@H](Cc1ccccc1)c1nccs1)OC)N(C)C(=O)[C@@H](NC(=O)[C@H](C(C)C)N(C)Cc1ccc(OS)cc1)C(C)C. The standard InChI is InChI=1S/C48H72N6O7S2/c1-12-32(6)43(53(9)48(58)41(30(2)3)51-46(57)42(31(4)5)52(8)29-35-20-22-36(61-62)23-21-35)39(59-10)28-40(55)54-25-16-19-38(54)44(60-11)33(7)45(56)50-37(47-49-24-26-63-47)27-34-17-14-13-15-18-34/h13-15,17-18,20-24,26,30-33,37-39,41-44,62H,12,16,19,25,27-29H2,1-11H3,(H,50,56)(H,51,57)/t32-,33+,37-,38-,39+,41-,42-,43-,44+/m0/s1. The Balaban J connectivity index is 1.48. The zero-order valence-electron chi connectivity index (χ0n) is 39.2. The van der Waals surface area contributed by atoms with E-state index in [1.165, 1.54) is 11.3 Å². The topological polar surface area (TPSA) is 143 Å². The number of carbonyl (C=O) groups excluding carboxylic acids is 4. The maximum Gasteiger partial charge on any atom is 0.245 e. The molecule has 9 atom stereocenters. The van der Waals surface area contributed by atoms with E-state index in [1.54, 1.807) is 32.4 Å². The summed E-state index contributed by atoms with van der Waals surface area (Å²) < 4.78 is 17.2. The highest BCUT2D eigenvalue weighted by atomic mass is 32.1. The third-order valence-corrected chi connectivity index (χ3v) is 13.8. The number of likely N-dealkylation sites (tertiary alicyclic amines) is 1. The summed E-state index contributed by atoms with van der Waals surface area (Å²) >= 11 is 5.38. The molecule has 2 N–H and O–H groups in total. The van der Waals surface area contributed by atoms with Crippen LogP contribution in [0.3, 0.4) is 0 Å². The minimum absolute atomic E-state index is 0.0276. The smallest absolute Gasteiger partial charge is 0.245 e. The number of nitrogens with zero attached hydrogens (tertiary/aromatic N) is 4. The van der Waals surface area contributed by atoms with Crippen molar-refractivity contribution in [2.45, 2.75) is 130 Å². The first kappa shape index (κ1) is 51.6. The Bertz CT molecular complexity index is 1870. The molecule has 2 aromatic carbocycles. The van der Waals surface area contributed by atoms with E-state index in [-0.39, 0.29) is 59.9 Å². The van der Waals surface area contributed by atoms with E-state index in [4.69, 9.17) is 13.7 Å². The fourth-order valence-corrected chi connectivity index (χ4v) is 9.90. The highest BCUT2D eigenvalue weighted by Crippen LogP contribution is 2.31. The lowest BCUT2D eigenvalue weighted by Gasteiger charge is -2.41.